The second kappa shape index (κ2) is 6.53. The molecule has 20 heavy (non-hydrogen) atoms. The molecule has 2 aromatic carbocycles. The second-order valence-electron chi connectivity index (χ2n) is 4.57. The molecule has 0 bridgehead atoms. The SMILES string of the molecule is N#CC(CCC(=O)O)c1ccccc1-c1ccccc1. The van der Waals surface area contributed by atoms with Crippen LogP contribution in [0.1, 0.15) is 24.3 Å². The maximum absolute atomic E-state index is 10.7. The molecule has 0 aliphatic rings. The molecule has 1 atom stereocenters. The molecule has 1 unspecified atom stereocenters. The zero-order valence-corrected chi connectivity index (χ0v) is 11.0. The van der Waals surface area contributed by atoms with E-state index >= 15 is 0 Å². The number of carboxylic acid groups (broad SMARTS) is 1. The number of rotatable bonds is 5. The molecule has 0 fully saturated rings. The van der Waals surface area contributed by atoms with Crippen LogP contribution in [-0.4, -0.2) is 11.1 Å². The van der Waals surface area contributed by atoms with Crippen molar-refractivity contribution >= 4 is 5.97 Å². The van der Waals surface area contributed by atoms with Gasteiger partial charge in [-0.25, -0.2) is 0 Å². The maximum atomic E-state index is 10.7. The van der Waals surface area contributed by atoms with Gasteiger partial charge in [0.15, 0.2) is 0 Å². The van der Waals surface area contributed by atoms with E-state index in [-0.39, 0.29) is 6.42 Å². The summed E-state index contributed by atoms with van der Waals surface area (Å²) in [5.74, 6) is -1.27. The molecular formula is C17H15NO2. The van der Waals surface area contributed by atoms with E-state index in [1.165, 1.54) is 0 Å². The Kier molecular flexibility index (Phi) is 4.52. The molecule has 2 aromatic rings. The molecule has 100 valence electrons. The molecule has 0 amide bonds. The van der Waals surface area contributed by atoms with Crippen LogP contribution in [0.5, 0.6) is 0 Å². The Morgan fingerprint density at radius 3 is 2.40 bits per heavy atom. The van der Waals surface area contributed by atoms with Crippen LogP contribution in [0, 0.1) is 11.3 Å². The summed E-state index contributed by atoms with van der Waals surface area (Å²) >= 11 is 0. The molecule has 0 spiro atoms. The van der Waals surface area contributed by atoms with Crippen LogP contribution in [0.3, 0.4) is 0 Å². The summed E-state index contributed by atoms with van der Waals surface area (Å²) in [6, 6.07) is 19.7. The Morgan fingerprint density at radius 2 is 1.75 bits per heavy atom. The zero-order valence-electron chi connectivity index (χ0n) is 11.0. The zero-order chi connectivity index (χ0) is 14.4. The molecule has 0 saturated carbocycles. The maximum Gasteiger partial charge on any atom is 0.303 e. The van der Waals surface area contributed by atoms with E-state index in [0.717, 1.165) is 16.7 Å². The van der Waals surface area contributed by atoms with Crippen molar-refractivity contribution in [3.8, 4) is 17.2 Å². The van der Waals surface area contributed by atoms with Gasteiger partial charge in [-0.2, -0.15) is 5.26 Å². The molecule has 3 heteroatoms. The lowest BCUT2D eigenvalue weighted by Gasteiger charge is -2.14. The number of carboxylic acids is 1. The Morgan fingerprint density at radius 1 is 1.10 bits per heavy atom. The van der Waals surface area contributed by atoms with Gasteiger partial charge < -0.3 is 5.11 Å². The lowest BCUT2D eigenvalue weighted by Crippen LogP contribution is -2.03. The van der Waals surface area contributed by atoms with Gasteiger partial charge in [0.2, 0.25) is 0 Å². The van der Waals surface area contributed by atoms with Crippen LogP contribution < -0.4 is 0 Å². The monoisotopic (exact) mass is 265 g/mol. The van der Waals surface area contributed by atoms with Crippen molar-refractivity contribution in [2.45, 2.75) is 18.8 Å². The summed E-state index contributed by atoms with van der Waals surface area (Å²) < 4.78 is 0. The third-order valence-electron chi connectivity index (χ3n) is 3.22. The summed E-state index contributed by atoms with van der Waals surface area (Å²) in [6.45, 7) is 0. The van der Waals surface area contributed by atoms with Gasteiger partial charge in [0.05, 0.1) is 12.0 Å². The molecule has 0 aliphatic carbocycles. The van der Waals surface area contributed by atoms with Gasteiger partial charge in [0, 0.05) is 6.42 Å². The summed E-state index contributed by atoms with van der Waals surface area (Å²) in [6.07, 6.45) is 0.330. The molecule has 0 aliphatic heterocycles. The van der Waals surface area contributed by atoms with Crippen molar-refractivity contribution in [2.24, 2.45) is 0 Å². The second-order valence-corrected chi connectivity index (χ2v) is 4.57. The summed E-state index contributed by atoms with van der Waals surface area (Å²) in [5, 5.41) is 18.1. The fourth-order valence-electron chi connectivity index (χ4n) is 2.24. The third-order valence-corrected chi connectivity index (χ3v) is 3.22. The van der Waals surface area contributed by atoms with E-state index in [2.05, 4.69) is 6.07 Å². The first-order chi connectivity index (χ1) is 9.72. The van der Waals surface area contributed by atoms with E-state index in [9.17, 15) is 10.1 Å². The van der Waals surface area contributed by atoms with Gasteiger partial charge in [-0.15, -0.1) is 0 Å². The number of hydrogen-bond donors (Lipinski definition) is 1. The lowest BCUT2D eigenvalue weighted by atomic mass is 9.88. The molecule has 1 N–H and O–H groups in total. The Balaban J connectivity index is 2.36. The third kappa shape index (κ3) is 3.24. The number of nitriles is 1. The van der Waals surface area contributed by atoms with Crippen LogP contribution in [-0.2, 0) is 4.79 Å². The van der Waals surface area contributed by atoms with Gasteiger partial charge in [-0.3, -0.25) is 4.79 Å². The molecule has 0 heterocycles. The van der Waals surface area contributed by atoms with Crippen molar-refractivity contribution in [2.75, 3.05) is 0 Å². The number of hydrogen-bond acceptors (Lipinski definition) is 2. The normalized spacial score (nSPS) is 11.6. The summed E-state index contributed by atoms with van der Waals surface area (Å²) in [5.41, 5.74) is 2.92. The lowest BCUT2D eigenvalue weighted by molar-refractivity contribution is -0.137. The largest absolute Gasteiger partial charge is 0.481 e. The van der Waals surface area contributed by atoms with Gasteiger partial charge in [0.1, 0.15) is 0 Å². The molecule has 0 radical (unpaired) electrons. The standard InChI is InChI=1S/C17H15NO2/c18-12-14(10-11-17(19)20)16-9-5-4-8-15(16)13-6-2-1-3-7-13/h1-9,14H,10-11H2,(H,19,20). The van der Waals surface area contributed by atoms with Crippen LogP contribution in [0.4, 0.5) is 0 Å². The predicted octanol–water partition coefficient (Wildman–Crippen LogP) is 3.83. The Bertz CT molecular complexity index is 629. The first kappa shape index (κ1) is 13.8. The van der Waals surface area contributed by atoms with Crippen LogP contribution >= 0.6 is 0 Å². The number of nitrogens with zero attached hydrogens (tertiary/aromatic N) is 1. The highest BCUT2D eigenvalue weighted by molar-refractivity contribution is 5.69. The van der Waals surface area contributed by atoms with Crippen LogP contribution in [0.25, 0.3) is 11.1 Å². The van der Waals surface area contributed by atoms with E-state index in [1.54, 1.807) is 0 Å². The Labute approximate surface area is 118 Å². The Hall–Kier alpha value is -2.60. The highest BCUT2D eigenvalue weighted by Gasteiger charge is 2.16. The summed E-state index contributed by atoms with van der Waals surface area (Å²) in [4.78, 5) is 10.7. The van der Waals surface area contributed by atoms with E-state index in [1.807, 2.05) is 54.6 Å². The van der Waals surface area contributed by atoms with Crippen LogP contribution in [0.2, 0.25) is 0 Å². The van der Waals surface area contributed by atoms with E-state index in [4.69, 9.17) is 5.11 Å². The highest BCUT2D eigenvalue weighted by atomic mass is 16.4. The smallest absolute Gasteiger partial charge is 0.303 e. The van der Waals surface area contributed by atoms with Crippen molar-refractivity contribution in [3.05, 3.63) is 60.2 Å². The van der Waals surface area contributed by atoms with Gasteiger partial charge >= 0.3 is 5.97 Å². The molecule has 2 rings (SSSR count). The first-order valence-corrected chi connectivity index (χ1v) is 6.48. The average molecular weight is 265 g/mol. The number of carbonyl (C=O) groups is 1. The average Bonchev–Trinajstić information content (AvgIpc) is 2.49. The van der Waals surface area contributed by atoms with Crippen molar-refractivity contribution < 1.29 is 9.90 Å². The minimum absolute atomic E-state index is 0.00134. The quantitative estimate of drug-likeness (QED) is 0.893. The minimum Gasteiger partial charge on any atom is -0.481 e. The predicted molar refractivity (Wildman–Crippen MR) is 77.1 cm³/mol. The van der Waals surface area contributed by atoms with Crippen molar-refractivity contribution in [3.63, 3.8) is 0 Å². The molecule has 0 aromatic heterocycles. The summed E-state index contributed by atoms with van der Waals surface area (Å²) in [7, 11) is 0. The van der Waals surface area contributed by atoms with E-state index in [0.29, 0.717) is 6.42 Å². The topological polar surface area (TPSA) is 61.1 Å². The van der Waals surface area contributed by atoms with Gasteiger partial charge in [-0.05, 0) is 23.1 Å². The highest BCUT2D eigenvalue weighted by Crippen LogP contribution is 2.31. The van der Waals surface area contributed by atoms with E-state index < -0.39 is 11.9 Å². The number of benzene rings is 2. The van der Waals surface area contributed by atoms with Gasteiger partial charge in [-0.1, -0.05) is 54.6 Å². The van der Waals surface area contributed by atoms with Gasteiger partial charge in [0.25, 0.3) is 0 Å². The first-order valence-electron chi connectivity index (χ1n) is 6.48. The van der Waals surface area contributed by atoms with Crippen molar-refractivity contribution in [1.29, 1.82) is 5.26 Å². The molecular weight excluding hydrogens is 250 g/mol. The van der Waals surface area contributed by atoms with Crippen LogP contribution in [0.15, 0.2) is 54.6 Å². The fourth-order valence-corrected chi connectivity index (χ4v) is 2.24. The minimum atomic E-state index is -0.873. The number of aliphatic carboxylic acids is 1. The van der Waals surface area contributed by atoms with Crippen molar-refractivity contribution in [1.82, 2.24) is 0 Å². The molecule has 3 nitrogen and oxygen atoms in total. The molecule has 0 saturated heterocycles. The fraction of sp³-hybridized carbons (Fsp3) is 0.176.